The van der Waals surface area contributed by atoms with Crippen LogP contribution in [-0.4, -0.2) is 23.3 Å². The number of carbonyl (C=O) groups excluding carboxylic acids is 2. The molecule has 1 heterocycles. The highest BCUT2D eigenvalue weighted by atomic mass is 16.5. The highest BCUT2D eigenvalue weighted by Gasteiger charge is 2.20. The number of carbonyl (C=O) groups is 2. The van der Waals surface area contributed by atoms with E-state index >= 15 is 0 Å². The van der Waals surface area contributed by atoms with Crippen LogP contribution in [0, 0.1) is 0 Å². The monoisotopic (exact) mass is 296 g/mol. The number of phenolic OH excluding ortho intramolecular Hbond substituents is 1. The average molecular weight is 296 g/mol. The van der Waals surface area contributed by atoms with E-state index in [1.165, 1.54) is 0 Å². The molecule has 0 aliphatic carbocycles. The molecule has 112 valence electrons. The smallest absolute Gasteiger partial charge is 0.174 e. The molecule has 0 spiro atoms. The molecule has 0 radical (unpaired) electrons. The number of ketones is 2. The minimum Gasteiger partial charge on any atom is -0.507 e. The zero-order valence-electron chi connectivity index (χ0n) is 12.0. The lowest BCUT2D eigenvalue weighted by Crippen LogP contribution is -2.12. The van der Waals surface area contributed by atoms with Gasteiger partial charge in [-0.05, 0) is 30.5 Å². The molecule has 1 aliphatic rings. The lowest BCUT2D eigenvalue weighted by molar-refractivity contribution is 0.0892. The molecule has 22 heavy (non-hydrogen) atoms. The fourth-order valence-corrected chi connectivity index (χ4v) is 2.58. The number of hydrogen-bond acceptors (Lipinski definition) is 4. The van der Waals surface area contributed by atoms with Crippen molar-refractivity contribution >= 4 is 11.6 Å². The molecule has 0 unspecified atom stereocenters. The van der Waals surface area contributed by atoms with E-state index in [-0.39, 0.29) is 23.5 Å². The van der Waals surface area contributed by atoms with E-state index in [0.717, 1.165) is 18.4 Å². The van der Waals surface area contributed by atoms with Crippen molar-refractivity contribution < 1.29 is 19.4 Å². The molecular weight excluding hydrogens is 280 g/mol. The van der Waals surface area contributed by atoms with Crippen LogP contribution >= 0.6 is 0 Å². The van der Waals surface area contributed by atoms with Crippen LogP contribution in [0.15, 0.2) is 42.5 Å². The van der Waals surface area contributed by atoms with Gasteiger partial charge in [-0.3, -0.25) is 9.59 Å². The third kappa shape index (κ3) is 2.86. The van der Waals surface area contributed by atoms with E-state index < -0.39 is 5.78 Å². The standard InChI is InChI=1S/C18H16O4/c19-15(12-5-2-1-3-6-12)11-17(21)14-10-18-13(9-16(14)20)7-4-8-22-18/h1-3,5-6,9-10,20H,4,7-8,11H2. The van der Waals surface area contributed by atoms with Crippen molar-refractivity contribution in [3.05, 3.63) is 59.2 Å². The van der Waals surface area contributed by atoms with Crippen molar-refractivity contribution in [2.45, 2.75) is 19.3 Å². The van der Waals surface area contributed by atoms with Crippen LogP contribution in [0.3, 0.4) is 0 Å². The van der Waals surface area contributed by atoms with Crippen LogP contribution in [-0.2, 0) is 6.42 Å². The second-order valence-electron chi connectivity index (χ2n) is 5.32. The minimum atomic E-state index is -0.400. The second-order valence-corrected chi connectivity index (χ2v) is 5.32. The van der Waals surface area contributed by atoms with Gasteiger partial charge in [0.05, 0.1) is 18.6 Å². The summed E-state index contributed by atoms with van der Waals surface area (Å²) in [5, 5.41) is 10.0. The first-order chi connectivity index (χ1) is 10.6. The number of ether oxygens (including phenoxy) is 1. The number of rotatable bonds is 4. The summed E-state index contributed by atoms with van der Waals surface area (Å²) in [5.74, 6) is -0.123. The van der Waals surface area contributed by atoms with Crippen LogP contribution in [0.25, 0.3) is 0 Å². The van der Waals surface area contributed by atoms with Crippen LogP contribution in [0.1, 0.15) is 39.1 Å². The summed E-state index contributed by atoms with van der Waals surface area (Å²) in [6.45, 7) is 0.606. The topological polar surface area (TPSA) is 63.6 Å². The molecular formula is C18H16O4. The molecule has 3 rings (SSSR count). The lowest BCUT2D eigenvalue weighted by atomic mass is 9.97. The number of phenols is 1. The minimum absolute atomic E-state index is 0.0879. The normalized spacial score (nSPS) is 13.1. The van der Waals surface area contributed by atoms with E-state index in [4.69, 9.17) is 4.74 Å². The summed E-state index contributed by atoms with van der Waals surface area (Å²) in [6, 6.07) is 11.8. The summed E-state index contributed by atoms with van der Waals surface area (Å²) in [7, 11) is 0. The number of Topliss-reactive ketones (excluding diaryl/α,β-unsaturated/α-hetero) is 2. The van der Waals surface area contributed by atoms with Gasteiger partial charge in [0, 0.05) is 5.56 Å². The third-order valence-electron chi connectivity index (χ3n) is 3.74. The molecule has 0 saturated heterocycles. The molecule has 0 saturated carbocycles. The van der Waals surface area contributed by atoms with Crippen molar-refractivity contribution in [2.75, 3.05) is 6.61 Å². The molecule has 2 aromatic carbocycles. The first kappa shape index (κ1) is 14.3. The molecule has 4 heteroatoms. The molecule has 0 amide bonds. The van der Waals surface area contributed by atoms with Gasteiger partial charge >= 0.3 is 0 Å². The molecule has 1 aliphatic heterocycles. The van der Waals surface area contributed by atoms with Gasteiger partial charge in [-0.25, -0.2) is 0 Å². The summed E-state index contributed by atoms with van der Waals surface area (Å²) in [6.07, 6.45) is 1.45. The fraction of sp³-hybridized carbons (Fsp3) is 0.222. The molecule has 0 bridgehead atoms. The van der Waals surface area contributed by atoms with Crippen molar-refractivity contribution in [1.29, 1.82) is 0 Å². The number of fused-ring (bicyclic) bond motifs is 1. The van der Waals surface area contributed by atoms with Gasteiger partial charge in [0.25, 0.3) is 0 Å². The Hall–Kier alpha value is -2.62. The van der Waals surface area contributed by atoms with E-state index in [1.54, 1.807) is 36.4 Å². The maximum atomic E-state index is 12.3. The van der Waals surface area contributed by atoms with Gasteiger partial charge in [0.1, 0.15) is 11.5 Å². The van der Waals surface area contributed by atoms with E-state index in [9.17, 15) is 14.7 Å². The van der Waals surface area contributed by atoms with Gasteiger partial charge in [-0.2, -0.15) is 0 Å². The van der Waals surface area contributed by atoms with Crippen molar-refractivity contribution in [3.8, 4) is 11.5 Å². The van der Waals surface area contributed by atoms with Gasteiger partial charge in [0.2, 0.25) is 0 Å². The maximum absolute atomic E-state index is 12.3. The molecule has 2 aromatic rings. The summed E-state index contributed by atoms with van der Waals surface area (Å²) >= 11 is 0. The fourth-order valence-electron chi connectivity index (χ4n) is 2.58. The Morgan fingerprint density at radius 3 is 2.64 bits per heavy atom. The summed E-state index contributed by atoms with van der Waals surface area (Å²) in [5.41, 5.74) is 1.53. The molecule has 0 atom stereocenters. The first-order valence-corrected chi connectivity index (χ1v) is 7.25. The van der Waals surface area contributed by atoms with Gasteiger partial charge < -0.3 is 9.84 Å². The molecule has 4 nitrogen and oxygen atoms in total. The van der Waals surface area contributed by atoms with Gasteiger partial charge in [0.15, 0.2) is 11.6 Å². The Bertz CT molecular complexity index is 719. The van der Waals surface area contributed by atoms with Crippen molar-refractivity contribution in [3.63, 3.8) is 0 Å². The first-order valence-electron chi connectivity index (χ1n) is 7.25. The predicted molar refractivity (Wildman–Crippen MR) is 81.6 cm³/mol. The van der Waals surface area contributed by atoms with Crippen LogP contribution in [0.4, 0.5) is 0 Å². The Kier molecular flexibility index (Phi) is 3.92. The quantitative estimate of drug-likeness (QED) is 0.695. The largest absolute Gasteiger partial charge is 0.507 e. The van der Waals surface area contributed by atoms with Crippen LogP contribution in [0.2, 0.25) is 0 Å². The van der Waals surface area contributed by atoms with Crippen LogP contribution in [0.5, 0.6) is 11.5 Å². The second kappa shape index (κ2) is 6.02. The summed E-state index contributed by atoms with van der Waals surface area (Å²) < 4.78 is 5.51. The zero-order valence-corrected chi connectivity index (χ0v) is 12.0. The Morgan fingerprint density at radius 2 is 1.86 bits per heavy atom. The number of aryl methyl sites for hydroxylation is 1. The molecule has 0 aromatic heterocycles. The zero-order chi connectivity index (χ0) is 15.5. The highest BCUT2D eigenvalue weighted by Crippen LogP contribution is 2.32. The summed E-state index contributed by atoms with van der Waals surface area (Å²) in [4.78, 5) is 24.4. The number of benzene rings is 2. The molecule has 0 fully saturated rings. The van der Waals surface area contributed by atoms with Crippen LogP contribution < -0.4 is 4.74 Å². The Balaban J connectivity index is 1.82. The predicted octanol–water partition coefficient (Wildman–Crippen LogP) is 3.17. The van der Waals surface area contributed by atoms with Gasteiger partial charge in [-0.15, -0.1) is 0 Å². The number of hydrogen-bond donors (Lipinski definition) is 1. The van der Waals surface area contributed by atoms with E-state index in [0.29, 0.717) is 17.9 Å². The van der Waals surface area contributed by atoms with Gasteiger partial charge in [-0.1, -0.05) is 30.3 Å². The van der Waals surface area contributed by atoms with Crippen molar-refractivity contribution in [1.82, 2.24) is 0 Å². The highest BCUT2D eigenvalue weighted by molar-refractivity contribution is 6.14. The van der Waals surface area contributed by atoms with E-state index in [1.807, 2.05) is 6.07 Å². The number of aromatic hydroxyl groups is 1. The maximum Gasteiger partial charge on any atom is 0.174 e. The van der Waals surface area contributed by atoms with Crippen molar-refractivity contribution in [2.24, 2.45) is 0 Å². The average Bonchev–Trinajstić information content (AvgIpc) is 2.54. The Labute approximate surface area is 128 Å². The third-order valence-corrected chi connectivity index (χ3v) is 3.74. The Morgan fingerprint density at radius 1 is 1.09 bits per heavy atom. The SMILES string of the molecule is O=C(CC(=O)c1cc2c(cc1O)CCCO2)c1ccccc1. The van der Waals surface area contributed by atoms with E-state index in [2.05, 4.69) is 0 Å². The molecule has 1 N–H and O–H groups in total. The lowest BCUT2D eigenvalue weighted by Gasteiger charge is -2.18.